The Morgan fingerprint density at radius 2 is 1.76 bits per heavy atom. The van der Waals surface area contributed by atoms with Crippen molar-refractivity contribution in [3.05, 3.63) is 77.6 Å². The van der Waals surface area contributed by atoms with Gasteiger partial charge < -0.3 is 10.2 Å². The minimum absolute atomic E-state index is 0.126. The number of hydrogen-bond donors (Lipinski definition) is 1. The van der Waals surface area contributed by atoms with Crippen molar-refractivity contribution >= 4 is 34.2 Å². The number of hydrogen-bond acceptors (Lipinski definition) is 3. The zero-order valence-electron chi connectivity index (χ0n) is 19.4. The van der Waals surface area contributed by atoms with Crippen molar-refractivity contribution in [1.82, 2.24) is 10.2 Å². The first kappa shape index (κ1) is 23.4. The van der Waals surface area contributed by atoms with Crippen molar-refractivity contribution in [3.8, 4) is 0 Å². The van der Waals surface area contributed by atoms with E-state index < -0.39 is 6.04 Å². The predicted molar refractivity (Wildman–Crippen MR) is 130 cm³/mol. The summed E-state index contributed by atoms with van der Waals surface area (Å²) in [6.07, 6.45) is 1.78. The second kappa shape index (κ2) is 10.0. The molecule has 0 radical (unpaired) electrons. The molecule has 1 atom stereocenters. The fraction of sp³-hybridized carbons (Fsp3) is 0.296. The Balaban J connectivity index is 1.59. The van der Waals surface area contributed by atoms with Gasteiger partial charge in [0.1, 0.15) is 18.4 Å². The fourth-order valence-electron chi connectivity index (χ4n) is 4.27. The van der Waals surface area contributed by atoms with Gasteiger partial charge in [0.2, 0.25) is 11.8 Å². The Kier molecular flexibility index (Phi) is 6.91. The molecule has 1 aliphatic rings. The van der Waals surface area contributed by atoms with Crippen LogP contribution >= 0.6 is 0 Å². The molecule has 1 aliphatic heterocycles. The van der Waals surface area contributed by atoms with Gasteiger partial charge in [0, 0.05) is 24.0 Å². The average molecular weight is 462 g/mol. The highest BCUT2D eigenvalue weighted by Crippen LogP contribution is 2.37. The number of unbranched alkanes of at least 4 members (excludes halogenated alkanes) is 1. The average Bonchev–Trinajstić information content (AvgIpc) is 3.11. The predicted octanol–water partition coefficient (Wildman–Crippen LogP) is 4.27. The van der Waals surface area contributed by atoms with Crippen molar-refractivity contribution in [1.29, 1.82) is 0 Å². The smallest absolute Gasteiger partial charge is 0.259 e. The Labute approximate surface area is 198 Å². The van der Waals surface area contributed by atoms with E-state index in [1.165, 1.54) is 21.9 Å². The van der Waals surface area contributed by atoms with Crippen LogP contribution in [0.4, 0.5) is 10.1 Å². The molecular weight excluding hydrogens is 433 g/mol. The van der Waals surface area contributed by atoms with Crippen molar-refractivity contribution < 1.29 is 18.8 Å². The number of carbonyl (C=O) groups is 3. The van der Waals surface area contributed by atoms with Gasteiger partial charge >= 0.3 is 0 Å². The molecule has 0 unspecified atom stereocenters. The molecule has 176 valence electrons. The summed E-state index contributed by atoms with van der Waals surface area (Å²) in [6.45, 7) is 4.16. The summed E-state index contributed by atoms with van der Waals surface area (Å²) in [7, 11) is 0. The minimum Gasteiger partial charge on any atom is -0.354 e. The normalized spacial score (nSPS) is 13.3. The zero-order chi connectivity index (χ0) is 24.2. The second-order valence-corrected chi connectivity index (χ2v) is 8.54. The van der Waals surface area contributed by atoms with E-state index in [1.807, 2.05) is 37.3 Å². The van der Waals surface area contributed by atoms with Gasteiger partial charge in [-0.3, -0.25) is 19.3 Å². The van der Waals surface area contributed by atoms with Gasteiger partial charge in [0.25, 0.3) is 5.91 Å². The van der Waals surface area contributed by atoms with E-state index in [0.29, 0.717) is 23.4 Å². The summed E-state index contributed by atoms with van der Waals surface area (Å²) in [5.74, 6) is -1.23. The van der Waals surface area contributed by atoms with E-state index in [-0.39, 0.29) is 36.6 Å². The van der Waals surface area contributed by atoms with Crippen LogP contribution in [-0.4, -0.2) is 41.8 Å². The van der Waals surface area contributed by atoms with E-state index in [1.54, 1.807) is 25.1 Å². The van der Waals surface area contributed by atoms with E-state index in [0.717, 1.165) is 23.6 Å². The molecule has 3 aromatic carbocycles. The lowest BCUT2D eigenvalue weighted by Crippen LogP contribution is -2.51. The number of halogens is 1. The molecule has 4 rings (SSSR count). The molecule has 1 N–H and O–H groups in total. The highest BCUT2D eigenvalue weighted by atomic mass is 19.1. The van der Waals surface area contributed by atoms with Gasteiger partial charge in [0.15, 0.2) is 0 Å². The molecule has 0 saturated heterocycles. The van der Waals surface area contributed by atoms with Crippen LogP contribution in [0.5, 0.6) is 0 Å². The van der Waals surface area contributed by atoms with Crippen LogP contribution in [0, 0.1) is 5.82 Å². The SMILES string of the molecule is CCCCNC(=O)[C@H](C)N(Cc1ccc(F)cc1)C(=O)CN1C(=O)c2cccc3cccc1c23. The highest BCUT2D eigenvalue weighted by molar-refractivity contribution is 6.26. The van der Waals surface area contributed by atoms with Crippen LogP contribution in [-0.2, 0) is 16.1 Å². The monoisotopic (exact) mass is 461 g/mol. The van der Waals surface area contributed by atoms with E-state index >= 15 is 0 Å². The lowest BCUT2D eigenvalue weighted by molar-refractivity contribution is -0.139. The highest BCUT2D eigenvalue weighted by Gasteiger charge is 2.34. The molecule has 34 heavy (non-hydrogen) atoms. The van der Waals surface area contributed by atoms with Crippen molar-refractivity contribution in [2.24, 2.45) is 0 Å². The van der Waals surface area contributed by atoms with Crippen molar-refractivity contribution in [2.45, 2.75) is 39.3 Å². The Hall–Kier alpha value is -3.74. The van der Waals surface area contributed by atoms with Crippen molar-refractivity contribution in [2.75, 3.05) is 18.0 Å². The third kappa shape index (κ3) is 4.64. The molecule has 0 bridgehead atoms. The zero-order valence-corrected chi connectivity index (χ0v) is 19.4. The maximum absolute atomic E-state index is 13.5. The number of nitrogens with one attached hydrogen (secondary N) is 1. The summed E-state index contributed by atoms with van der Waals surface area (Å²) in [5.41, 5.74) is 1.95. The summed E-state index contributed by atoms with van der Waals surface area (Å²) in [4.78, 5) is 42.4. The quantitative estimate of drug-likeness (QED) is 0.484. The Bertz CT molecular complexity index is 1220. The maximum Gasteiger partial charge on any atom is 0.259 e. The summed E-state index contributed by atoms with van der Waals surface area (Å²) >= 11 is 0. The molecule has 6 nitrogen and oxygen atoms in total. The molecule has 0 aromatic heterocycles. The minimum atomic E-state index is -0.759. The van der Waals surface area contributed by atoms with Crippen LogP contribution in [0.15, 0.2) is 60.7 Å². The number of rotatable bonds is 9. The molecule has 0 fully saturated rings. The number of nitrogens with zero attached hydrogens (tertiary/aromatic N) is 2. The summed E-state index contributed by atoms with van der Waals surface area (Å²) in [6, 6.07) is 16.2. The van der Waals surface area contributed by atoms with E-state index in [9.17, 15) is 18.8 Å². The number of carbonyl (C=O) groups excluding carboxylic acids is 3. The molecule has 3 amide bonds. The van der Waals surface area contributed by atoms with E-state index in [2.05, 4.69) is 5.32 Å². The maximum atomic E-state index is 13.5. The largest absolute Gasteiger partial charge is 0.354 e. The lowest BCUT2D eigenvalue weighted by atomic mass is 10.1. The van der Waals surface area contributed by atoms with E-state index in [4.69, 9.17) is 0 Å². The Morgan fingerprint density at radius 1 is 1.06 bits per heavy atom. The Morgan fingerprint density at radius 3 is 2.47 bits per heavy atom. The first-order valence-electron chi connectivity index (χ1n) is 11.6. The summed E-state index contributed by atoms with van der Waals surface area (Å²) in [5, 5.41) is 4.64. The van der Waals surface area contributed by atoms with Gasteiger partial charge in [-0.1, -0.05) is 49.7 Å². The van der Waals surface area contributed by atoms with Gasteiger partial charge in [-0.25, -0.2) is 4.39 Å². The fourth-order valence-corrected chi connectivity index (χ4v) is 4.27. The van der Waals surface area contributed by atoms with Crippen LogP contribution in [0.2, 0.25) is 0 Å². The van der Waals surface area contributed by atoms with Crippen LogP contribution in [0.25, 0.3) is 10.8 Å². The van der Waals surface area contributed by atoms with Crippen LogP contribution < -0.4 is 10.2 Å². The molecule has 0 spiro atoms. The molecular formula is C27H28FN3O3. The number of benzene rings is 3. The molecule has 3 aromatic rings. The molecule has 1 heterocycles. The van der Waals surface area contributed by atoms with Crippen molar-refractivity contribution in [3.63, 3.8) is 0 Å². The first-order valence-corrected chi connectivity index (χ1v) is 11.6. The van der Waals surface area contributed by atoms with Gasteiger partial charge in [0.05, 0.1) is 5.69 Å². The lowest BCUT2D eigenvalue weighted by Gasteiger charge is -2.30. The first-order chi connectivity index (χ1) is 16.4. The molecule has 0 saturated carbocycles. The van der Waals surface area contributed by atoms with Crippen LogP contribution in [0.1, 0.15) is 42.6 Å². The van der Waals surface area contributed by atoms with Crippen LogP contribution in [0.3, 0.4) is 0 Å². The topological polar surface area (TPSA) is 69.7 Å². The number of anilines is 1. The standard InChI is InChI=1S/C27H28FN3O3/c1-3-4-15-29-26(33)18(2)30(16-19-11-13-21(28)14-12-19)24(32)17-31-23-10-6-8-20-7-5-9-22(25(20)23)27(31)34/h5-14,18H,3-4,15-17H2,1-2H3,(H,29,33)/t18-/m0/s1. The third-order valence-corrected chi connectivity index (χ3v) is 6.21. The summed E-state index contributed by atoms with van der Waals surface area (Å²) < 4.78 is 13.4. The van der Waals surface area contributed by atoms with Gasteiger partial charge in [-0.05, 0) is 48.6 Å². The third-order valence-electron chi connectivity index (χ3n) is 6.21. The van der Waals surface area contributed by atoms with Gasteiger partial charge in [-0.2, -0.15) is 0 Å². The number of amides is 3. The van der Waals surface area contributed by atoms with Gasteiger partial charge in [-0.15, -0.1) is 0 Å². The molecule has 0 aliphatic carbocycles. The second-order valence-electron chi connectivity index (χ2n) is 8.54. The molecule has 7 heteroatoms.